The fraction of sp³-hybridized carbons (Fsp3) is 0.353. The predicted octanol–water partition coefficient (Wildman–Crippen LogP) is 0.978. The van der Waals surface area contributed by atoms with E-state index < -0.39 is 12.0 Å². The van der Waals surface area contributed by atoms with Gasteiger partial charge in [0.25, 0.3) is 5.91 Å². The molecular formula is C17H20N6O2S. The van der Waals surface area contributed by atoms with Crippen LogP contribution in [0.2, 0.25) is 0 Å². The van der Waals surface area contributed by atoms with Crippen molar-refractivity contribution >= 4 is 29.2 Å². The number of rotatable bonds is 8. The van der Waals surface area contributed by atoms with Gasteiger partial charge in [-0.2, -0.15) is 5.10 Å². The SMILES string of the molecule is N/N=C(\C=NCC(O)C1CC1)C(=O)NCc1nnc(-c2ccccc2)s1. The molecule has 4 N–H and O–H groups in total. The monoisotopic (exact) mass is 372 g/mol. The highest BCUT2D eigenvalue weighted by Gasteiger charge is 2.29. The van der Waals surface area contributed by atoms with Gasteiger partial charge in [0.15, 0.2) is 5.71 Å². The van der Waals surface area contributed by atoms with Crippen LogP contribution in [0, 0.1) is 5.92 Å². The average molecular weight is 372 g/mol. The van der Waals surface area contributed by atoms with Crippen LogP contribution in [-0.4, -0.2) is 45.8 Å². The molecule has 1 amide bonds. The molecule has 3 rings (SSSR count). The van der Waals surface area contributed by atoms with Gasteiger partial charge in [-0.15, -0.1) is 10.2 Å². The zero-order chi connectivity index (χ0) is 18.4. The van der Waals surface area contributed by atoms with Crippen LogP contribution in [0.3, 0.4) is 0 Å². The number of hydrazone groups is 1. The molecule has 26 heavy (non-hydrogen) atoms. The van der Waals surface area contributed by atoms with E-state index in [1.54, 1.807) is 0 Å². The molecule has 1 aliphatic carbocycles. The quantitative estimate of drug-likeness (QED) is 0.362. The fourth-order valence-electron chi connectivity index (χ4n) is 2.30. The summed E-state index contributed by atoms with van der Waals surface area (Å²) in [6.45, 7) is 0.467. The maximum Gasteiger partial charge on any atom is 0.273 e. The number of carbonyl (C=O) groups is 1. The summed E-state index contributed by atoms with van der Waals surface area (Å²) in [5.41, 5.74) is 0.980. The van der Waals surface area contributed by atoms with Crippen LogP contribution in [0.1, 0.15) is 17.8 Å². The number of carbonyl (C=O) groups excluding carboxylic acids is 1. The normalized spacial score (nSPS) is 16.0. The lowest BCUT2D eigenvalue weighted by atomic mass is 10.2. The molecule has 1 fully saturated rings. The van der Waals surface area contributed by atoms with E-state index in [2.05, 4.69) is 25.6 Å². The van der Waals surface area contributed by atoms with Gasteiger partial charge >= 0.3 is 0 Å². The number of hydrogen-bond donors (Lipinski definition) is 3. The highest BCUT2D eigenvalue weighted by Crippen LogP contribution is 2.32. The fourth-order valence-corrected chi connectivity index (χ4v) is 3.08. The number of aromatic nitrogens is 2. The average Bonchev–Trinajstić information content (AvgIpc) is 3.42. The standard InChI is InChI=1S/C17H20N6O2S/c18-21-13(8-19-9-14(24)11-6-7-11)16(25)20-10-15-22-23-17(26-15)12-4-2-1-3-5-12/h1-5,8,11,14,24H,6-7,9-10,18H2,(H,20,25)/b19-8?,21-13+. The first-order valence-electron chi connectivity index (χ1n) is 8.29. The summed E-state index contributed by atoms with van der Waals surface area (Å²) in [6, 6.07) is 9.71. The molecule has 2 aromatic rings. The topological polar surface area (TPSA) is 126 Å². The van der Waals surface area contributed by atoms with E-state index in [1.807, 2.05) is 30.3 Å². The van der Waals surface area contributed by atoms with Crippen LogP contribution >= 0.6 is 11.3 Å². The van der Waals surface area contributed by atoms with Crippen LogP contribution in [0.4, 0.5) is 0 Å². The van der Waals surface area contributed by atoms with Crippen LogP contribution in [0.25, 0.3) is 10.6 Å². The molecule has 8 nitrogen and oxygen atoms in total. The van der Waals surface area contributed by atoms with E-state index in [9.17, 15) is 9.90 Å². The lowest BCUT2D eigenvalue weighted by Crippen LogP contribution is -2.32. The molecule has 1 atom stereocenters. The van der Waals surface area contributed by atoms with E-state index in [0.29, 0.717) is 10.9 Å². The summed E-state index contributed by atoms with van der Waals surface area (Å²) in [5, 5.41) is 25.6. The van der Waals surface area contributed by atoms with Crippen molar-refractivity contribution in [2.75, 3.05) is 6.54 Å². The molecule has 1 saturated carbocycles. The van der Waals surface area contributed by atoms with E-state index >= 15 is 0 Å². The number of hydrogen-bond acceptors (Lipinski definition) is 8. The lowest BCUT2D eigenvalue weighted by molar-refractivity contribution is -0.114. The Morgan fingerprint density at radius 2 is 2.15 bits per heavy atom. The van der Waals surface area contributed by atoms with Gasteiger partial charge < -0.3 is 16.3 Å². The third kappa shape index (κ3) is 4.93. The Bertz CT molecular complexity index is 801. The molecule has 9 heteroatoms. The maximum absolute atomic E-state index is 12.1. The van der Waals surface area contributed by atoms with Crippen LogP contribution in [-0.2, 0) is 11.3 Å². The minimum atomic E-state index is -0.467. The highest BCUT2D eigenvalue weighted by atomic mass is 32.1. The van der Waals surface area contributed by atoms with Gasteiger partial charge in [0.1, 0.15) is 10.0 Å². The maximum atomic E-state index is 12.1. The van der Waals surface area contributed by atoms with Crippen molar-refractivity contribution in [2.45, 2.75) is 25.5 Å². The summed E-state index contributed by atoms with van der Waals surface area (Å²) < 4.78 is 0. The Labute approximate surface area is 154 Å². The number of aliphatic imine (C=N–C) groups is 1. The number of benzene rings is 1. The van der Waals surface area contributed by atoms with Crippen LogP contribution in [0.5, 0.6) is 0 Å². The largest absolute Gasteiger partial charge is 0.391 e. The Morgan fingerprint density at radius 1 is 1.38 bits per heavy atom. The van der Waals surface area contributed by atoms with Gasteiger partial charge in [0.2, 0.25) is 0 Å². The van der Waals surface area contributed by atoms with Gasteiger partial charge in [-0.05, 0) is 18.8 Å². The highest BCUT2D eigenvalue weighted by molar-refractivity contribution is 7.14. The zero-order valence-electron chi connectivity index (χ0n) is 14.1. The number of aliphatic hydroxyl groups is 1. The summed E-state index contributed by atoms with van der Waals surface area (Å²) >= 11 is 1.40. The molecule has 0 bridgehead atoms. The smallest absolute Gasteiger partial charge is 0.273 e. The van der Waals surface area contributed by atoms with Crippen molar-refractivity contribution in [3.8, 4) is 10.6 Å². The lowest BCUT2D eigenvalue weighted by Gasteiger charge is -2.04. The molecule has 0 saturated heterocycles. The van der Waals surface area contributed by atoms with Crippen LogP contribution < -0.4 is 11.2 Å². The van der Waals surface area contributed by atoms with Gasteiger partial charge in [0.05, 0.1) is 25.4 Å². The van der Waals surface area contributed by atoms with Crippen LogP contribution in [0.15, 0.2) is 40.4 Å². The van der Waals surface area contributed by atoms with Crippen molar-refractivity contribution in [3.63, 3.8) is 0 Å². The van der Waals surface area contributed by atoms with E-state index in [-0.39, 0.29) is 18.8 Å². The van der Waals surface area contributed by atoms with Gasteiger partial charge in [-0.25, -0.2) is 0 Å². The molecule has 1 heterocycles. The second-order valence-corrected chi connectivity index (χ2v) is 7.03. The summed E-state index contributed by atoms with van der Waals surface area (Å²) in [6.07, 6.45) is 2.88. The molecule has 1 aliphatic rings. The molecule has 1 aromatic heterocycles. The van der Waals surface area contributed by atoms with Crippen molar-refractivity contribution < 1.29 is 9.90 Å². The summed E-state index contributed by atoms with van der Waals surface area (Å²) in [4.78, 5) is 16.2. The molecule has 136 valence electrons. The number of aliphatic hydroxyl groups excluding tert-OH is 1. The second kappa shape index (κ2) is 8.63. The molecule has 1 unspecified atom stereocenters. The van der Waals surface area contributed by atoms with Gasteiger partial charge in [-0.3, -0.25) is 9.79 Å². The number of nitrogens with two attached hydrogens (primary N) is 1. The van der Waals surface area contributed by atoms with Crippen molar-refractivity contribution in [2.24, 2.45) is 21.9 Å². The first-order chi connectivity index (χ1) is 12.7. The zero-order valence-corrected chi connectivity index (χ0v) is 14.9. The first kappa shape index (κ1) is 18.2. The Kier molecular flexibility index (Phi) is 6.03. The summed E-state index contributed by atoms with van der Waals surface area (Å²) in [5.74, 6) is 5.14. The third-order valence-electron chi connectivity index (χ3n) is 3.93. The van der Waals surface area contributed by atoms with E-state index in [1.165, 1.54) is 17.6 Å². The Morgan fingerprint density at radius 3 is 2.85 bits per heavy atom. The second-order valence-electron chi connectivity index (χ2n) is 5.96. The molecule has 1 aromatic carbocycles. The number of amides is 1. The summed E-state index contributed by atoms with van der Waals surface area (Å²) in [7, 11) is 0. The molecular weight excluding hydrogens is 352 g/mol. The number of nitrogens with zero attached hydrogens (tertiary/aromatic N) is 4. The molecule has 0 spiro atoms. The number of nitrogens with one attached hydrogen (secondary N) is 1. The van der Waals surface area contributed by atoms with Crippen molar-refractivity contribution in [1.29, 1.82) is 0 Å². The predicted molar refractivity (Wildman–Crippen MR) is 101 cm³/mol. The van der Waals surface area contributed by atoms with Gasteiger partial charge in [-0.1, -0.05) is 41.7 Å². The van der Waals surface area contributed by atoms with Crippen molar-refractivity contribution in [3.05, 3.63) is 35.3 Å². The molecule has 0 aliphatic heterocycles. The Hall–Kier alpha value is -2.65. The van der Waals surface area contributed by atoms with Gasteiger partial charge in [0, 0.05) is 5.56 Å². The molecule has 0 radical (unpaired) electrons. The van der Waals surface area contributed by atoms with E-state index in [4.69, 9.17) is 5.84 Å². The minimum Gasteiger partial charge on any atom is -0.391 e. The first-order valence-corrected chi connectivity index (χ1v) is 9.11. The van der Waals surface area contributed by atoms with E-state index in [0.717, 1.165) is 23.4 Å². The Balaban J connectivity index is 1.51. The third-order valence-corrected chi connectivity index (χ3v) is 4.90. The minimum absolute atomic E-state index is 0.000736. The van der Waals surface area contributed by atoms with Crippen molar-refractivity contribution in [1.82, 2.24) is 15.5 Å².